The van der Waals surface area contributed by atoms with E-state index < -0.39 is 0 Å². The van der Waals surface area contributed by atoms with Crippen LogP contribution in [0.25, 0.3) is 0 Å². The van der Waals surface area contributed by atoms with Gasteiger partial charge in [-0.1, -0.05) is 18.2 Å². The average molecular weight is 230 g/mol. The fourth-order valence-corrected chi connectivity index (χ4v) is 2.97. The molecule has 2 atom stereocenters. The van der Waals surface area contributed by atoms with Crippen LogP contribution in [-0.2, 0) is 4.79 Å². The fraction of sp³-hybridized carbons (Fsp3) is 0.500. The van der Waals surface area contributed by atoms with Crippen LogP contribution in [0.4, 0.5) is 5.69 Å². The quantitative estimate of drug-likeness (QED) is 0.817. The molecule has 1 fully saturated rings. The van der Waals surface area contributed by atoms with Crippen LogP contribution in [-0.4, -0.2) is 19.0 Å². The Morgan fingerprint density at radius 2 is 2.18 bits per heavy atom. The van der Waals surface area contributed by atoms with Crippen molar-refractivity contribution in [2.75, 3.05) is 18.4 Å². The lowest BCUT2D eigenvalue weighted by Gasteiger charge is -2.24. The molecule has 0 aromatic heterocycles. The summed E-state index contributed by atoms with van der Waals surface area (Å²) in [6, 6.07) is 8.06. The molecule has 0 unspecified atom stereocenters. The summed E-state index contributed by atoms with van der Waals surface area (Å²) in [4.78, 5) is 12.0. The predicted octanol–water partition coefficient (Wildman–Crippen LogP) is 2.11. The maximum atomic E-state index is 12.0. The average Bonchev–Trinajstić information content (AvgIpc) is 2.68. The van der Waals surface area contributed by atoms with Crippen LogP contribution in [0.3, 0.4) is 0 Å². The van der Waals surface area contributed by atoms with Gasteiger partial charge in [-0.05, 0) is 49.9 Å². The zero-order chi connectivity index (χ0) is 11.7. The Morgan fingerprint density at radius 3 is 3.00 bits per heavy atom. The summed E-state index contributed by atoms with van der Waals surface area (Å²) >= 11 is 0. The maximum Gasteiger partial charge on any atom is 0.232 e. The Hall–Kier alpha value is -1.35. The number of anilines is 1. The minimum atomic E-state index is 0.0658. The third-order valence-electron chi connectivity index (χ3n) is 3.88. The minimum Gasteiger partial charge on any atom is -0.325 e. The van der Waals surface area contributed by atoms with Gasteiger partial charge in [-0.3, -0.25) is 4.79 Å². The van der Waals surface area contributed by atoms with E-state index in [1.54, 1.807) is 0 Å². The highest BCUT2D eigenvalue weighted by atomic mass is 16.2. The molecule has 2 heterocycles. The number of carbonyl (C=O) groups excluding carboxylic acids is 1. The van der Waals surface area contributed by atoms with Gasteiger partial charge in [-0.25, -0.2) is 0 Å². The molecule has 3 nitrogen and oxygen atoms in total. The summed E-state index contributed by atoms with van der Waals surface area (Å²) in [7, 11) is 0. The molecule has 90 valence electrons. The number of para-hydroxylation sites is 1. The molecule has 1 aromatic carbocycles. The second kappa shape index (κ2) is 4.49. The van der Waals surface area contributed by atoms with Crippen LogP contribution in [0.2, 0.25) is 0 Å². The van der Waals surface area contributed by atoms with E-state index in [2.05, 4.69) is 16.7 Å². The van der Waals surface area contributed by atoms with Crippen molar-refractivity contribution < 1.29 is 4.79 Å². The number of amides is 1. The van der Waals surface area contributed by atoms with Crippen molar-refractivity contribution in [3.05, 3.63) is 29.8 Å². The zero-order valence-electron chi connectivity index (χ0n) is 9.91. The number of benzene rings is 1. The van der Waals surface area contributed by atoms with Gasteiger partial charge in [0.2, 0.25) is 5.91 Å². The van der Waals surface area contributed by atoms with E-state index in [0.29, 0.717) is 5.92 Å². The molecule has 3 rings (SSSR count). The van der Waals surface area contributed by atoms with Crippen molar-refractivity contribution in [2.24, 2.45) is 5.92 Å². The SMILES string of the molecule is O=C1Nc2ccccc2[C@@H]1C[C@@H]1CCCNC1. The second-order valence-corrected chi connectivity index (χ2v) is 5.08. The number of fused-ring (bicyclic) bond motifs is 1. The van der Waals surface area contributed by atoms with Gasteiger partial charge >= 0.3 is 0 Å². The van der Waals surface area contributed by atoms with E-state index in [0.717, 1.165) is 25.2 Å². The summed E-state index contributed by atoms with van der Waals surface area (Å²) < 4.78 is 0. The van der Waals surface area contributed by atoms with Crippen LogP contribution in [0, 0.1) is 5.92 Å². The van der Waals surface area contributed by atoms with Crippen LogP contribution in [0.15, 0.2) is 24.3 Å². The first-order chi connectivity index (χ1) is 8.34. The molecule has 0 radical (unpaired) electrons. The number of rotatable bonds is 2. The molecule has 2 aliphatic rings. The van der Waals surface area contributed by atoms with Crippen molar-refractivity contribution in [1.82, 2.24) is 5.32 Å². The molecular weight excluding hydrogens is 212 g/mol. The Kier molecular flexibility index (Phi) is 2.85. The van der Waals surface area contributed by atoms with Crippen molar-refractivity contribution in [1.29, 1.82) is 0 Å². The fourth-order valence-electron chi connectivity index (χ4n) is 2.97. The van der Waals surface area contributed by atoms with Crippen LogP contribution in [0.5, 0.6) is 0 Å². The third kappa shape index (κ3) is 2.07. The van der Waals surface area contributed by atoms with E-state index >= 15 is 0 Å². The maximum absolute atomic E-state index is 12.0. The summed E-state index contributed by atoms with van der Waals surface area (Å²) in [5.74, 6) is 0.888. The molecule has 1 amide bonds. The molecule has 0 saturated carbocycles. The van der Waals surface area contributed by atoms with Gasteiger partial charge in [-0.2, -0.15) is 0 Å². The number of hydrogen-bond acceptors (Lipinski definition) is 2. The highest BCUT2D eigenvalue weighted by Gasteiger charge is 2.32. The first-order valence-corrected chi connectivity index (χ1v) is 6.45. The first kappa shape index (κ1) is 10.8. The van der Waals surface area contributed by atoms with E-state index in [1.165, 1.54) is 18.4 Å². The summed E-state index contributed by atoms with van der Waals surface area (Å²) in [6.45, 7) is 2.19. The lowest BCUT2D eigenvalue weighted by Crippen LogP contribution is -2.31. The predicted molar refractivity (Wildman–Crippen MR) is 68.0 cm³/mol. The number of hydrogen-bond donors (Lipinski definition) is 2. The van der Waals surface area contributed by atoms with E-state index in [9.17, 15) is 4.79 Å². The normalized spacial score (nSPS) is 27.6. The summed E-state index contributed by atoms with van der Waals surface area (Å²) in [5, 5.41) is 6.39. The lowest BCUT2D eigenvalue weighted by atomic mass is 9.86. The van der Waals surface area contributed by atoms with Crippen molar-refractivity contribution in [3.8, 4) is 0 Å². The number of nitrogens with one attached hydrogen (secondary N) is 2. The molecule has 0 bridgehead atoms. The largest absolute Gasteiger partial charge is 0.325 e. The van der Waals surface area contributed by atoms with Gasteiger partial charge < -0.3 is 10.6 Å². The third-order valence-corrected chi connectivity index (χ3v) is 3.88. The molecular formula is C14H18N2O. The van der Waals surface area contributed by atoms with Gasteiger partial charge in [0.05, 0.1) is 5.92 Å². The van der Waals surface area contributed by atoms with Crippen molar-refractivity contribution in [3.63, 3.8) is 0 Å². The van der Waals surface area contributed by atoms with Gasteiger partial charge in [0.25, 0.3) is 0 Å². The van der Waals surface area contributed by atoms with Gasteiger partial charge in [-0.15, -0.1) is 0 Å². The van der Waals surface area contributed by atoms with E-state index in [-0.39, 0.29) is 11.8 Å². The molecule has 0 aliphatic carbocycles. The summed E-state index contributed by atoms with van der Waals surface area (Å²) in [6.07, 6.45) is 3.47. The topological polar surface area (TPSA) is 41.1 Å². The van der Waals surface area contributed by atoms with Gasteiger partial charge in [0, 0.05) is 5.69 Å². The Bertz CT molecular complexity index is 424. The van der Waals surface area contributed by atoms with Crippen LogP contribution >= 0.6 is 0 Å². The molecule has 0 spiro atoms. The zero-order valence-corrected chi connectivity index (χ0v) is 9.91. The van der Waals surface area contributed by atoms with Crippen molar-refractivity contribution >= 4 is 11.6 Å². The second-order valence-electron chi connectivity index (χ2n) is 5.08. The van der Waals surface area contributed by atoms with Gasteiger partial charge in [0.15, 0.2) is 0 Å². The monoisotopic (exact) mass is 230 g/mol. The highest BCUT2D eigenvalue weighted by Crippen LogP contribution is 2.37. The number of piperidine rings is 1. The Balaban J connectivity index is 1.76. The number of carbonyl (C=O) groups is 1. The molecule has 17 heavy (non-hydrogen) atoms. The smallest absolute Gasteiger partial charge is 0.232 e. The lowest BCUT2D eigenvalue weighted by molar-refractivity contribution is -0.117. The highest BCUT2D eigenvalue weighted by molar-refractivity contribution is 6.02. The Labute approximate surface area is 102 Å². The molecule has 3 heteroatoms. The molecule has 1 saturated heterocycles. The minimum absolute atomic E-state index is 0.0658. The standard InChI is InChI=1S/C14H18N2O/c17-14-12(8-10-4-3-7-15-9-10)11-5-1-2-6-13(11)16-14/h1-2,5-6,10,12,15H,3-4,7-9H2,(H,16,17)/t10-,12-/m0/s1. The van der Waals surface area contributed by atoms with E-state index in [1.807, 2.05) is 18.2 Å². The Morgan fingerprint density at radius 1 is 1.29 bits per heavy atom. The first-order valence-electron chi connectivity index (χ1n) is 6.45. The molecule has 2 N–H and O–H groups in total. The van der Waals surface area contributed by atoms with Crippen molar-refractivity contribution in [2.45, 2.75) is 25.2 Å². The van der Waals surface area contributed by atoms with Crippen LogP contribution in [0.1, 0.15) is 30.7 Å². The molecule has 2 aliphatic heterocycles. The van der Waals surface area contributed by atoms with Crippen LogP contribution < -0.4 is 10.6 Å². The molecule has 1 aromatic rings. The van der Waals surface area contributed by atoms with E-state index in [4.69, 9.17) is 0 Å². The summed E-state index contributed by atoms with van der Waals surface area (Å²) in [5.41, 5.74) is 2.19. The van der Waals surface area contributed by atoms with Gasteiger partial charge in [0.1, 0.15) is 0 Å².